The minimum Gasteiger partial charge on any atom is -0.359 e. The van der Waals surface area contributed by atoms with Crippen LogP contribution in [0.5, 0.6) is 0 Å². The second kappa shape index (κ2) is 5.53. The third kappa shape index (κ3) is 2.43. The lowest BCUT2D eigenvalue weighted by molar-refractivity contribution is -0.109. The zero-order chi connectivity index (χ0) is 13.8. The molecule has 0 aliphatic carbocycles. The molecular formula is C14H15N3O2. The number of aryl methyl sites for hydroxylation is 1. The number of amides is 2. The predicted molar refractivity (Wildman–Crippen MR) is 69.3 cm³/mol. The third-order valence-corrected chi connectivity index (χ3v) is 3.23. The summed E-state index contributed by atoms with van der Waals surface area (Å²) >= 11 is 0. The summed E-state index contributed by atoms with van der Waals surface area (Å²) in [4.78, 5) is 23.9. The van der Waals surface area contributed by atoms with Gasteiger partial charge in [-0.1, -0.05) is 17.7 Å². The Morgan fingerprint density at radius 1 is 1.53 bits per heavy atom. The molecule has 0 saturated carbocycles. The van der Waals surface area contributed by atoms with Crippen molar-refractivity contribution in [2.75, 3.05) is 13.1 Å². The van der Waals surface area contributed by atoms with E-state index in [-0.39, 0.29) is 5.91 Å². The second-order valence-electron chi connectivity index (χ2n) is 4.55. The number of benzene rings is 1. The molecule has 19 heavy (non-hydrogen) atoms. The lowest BCUT2D eigenvalue weighted by atomic mass is 10.0. The van der Waals surface area contributed by atoms with Gasteiger partial charge in [-0.25, -0.2) is 0 Å². The van der Waals surface area contributed by atoms with Gasteiger partial charge in [0.1, 0.15) is 6.04 Å². The van der Waals surface area contributed by atoms with Gasteiger partial charge in [0.05, 0.1) is 6.07 Å². The van der Waals surface area contributed by atoms with Crippen LogP contribution in [0.15, 0.2) is 18.2 Å². The van der Waals surface area contributed by atoms with Crippen molar-refractivity contribution in [2.45, 2.75) is 19.4 Å². The summed E-state index contributed by atoms with van der Waals surface area (Å²) in [6, 6.07) is 7.22. The quantitative estimate of drug-likeness (QED) is 0.635. The van der Waals surface area contributed by atoms with Crippen molar-refractivity contribution in [1.29, 1.82) is 5.26 Å². The van der Waals surface area contributed by atoms with E-state index >= 15 is 0 Å². The monoisotopic (exact) mass is 257 g/mol. The smallest absolute Gasteiger partial charge is 0.255 e. The third-order valence-electron chi connectivity index (χ3n) is 3.23. The highest BCUT2D eigenvalue weighted by Gasteiger charge is 2.36. The normalized spacial score (nSPS) is 16.9. The van der Waals surface area contributed by atoms with Crippen LogP contribution in [0.25, 0.3) is 0 Å². The van der Waals surface area contributed by atoms with Crippen LogP contribution < -0.4 is 5.32 Å². The summed E-state index contributed by atoms with van der Waals surface area (Å²) in [5, 5.41) is 11.8. The highest BCUT2D eigenvalue weighted by molar-refractivity contribution is 5.99. The molecule has 0 spiro atoms. The molecule has 1 aromatic carbocycles. The topological polar surface area (TPSA) is 73.2 Å². The van der Waals surface area contributed by atoms with Gasteiger partial charge in [0.2, 0.25) is 6.41 Å². The Bertz CT molecular complexity index is 548. The number of rotatable bonds is 5. The molecule has 0 saturated heterocycles. The van der Waals surface area contributed by atoms with Crippen LogP contribution in [-0.4, -0.2) is 30.3 Å². The molecule has 1 aliphatic heterocycles. The van der Waals surface area contributed by atoms with Gasteiger partial charge in [0, 0.05) is 24.2 Å². The van der Waals surface area contributed by atoms with E-state index in [1.165, 1.54) is 0 Å². The zero-order valence-corrected chi connectivity index (χ0v) is 10.7. The fourth-order valence-corrected chi connectivity index (χ4v) is 2.32. The number of nitriles is 1. The van der Waals surface area contributed by atoms with Crippen LogP contribution in [0.4, 0.5) is 0 Å². The average Bonchev–Trinajstić information content (AvgIpc) is 2.66. The SMILES string of the molecule is Cc1ccc2c(c1)C(C#N)N(CCCNC=O)C2=O. The molecule has 5 nitrogen and oxygen atoms in total. The molecule has 0 bridgehead atoms. The van der Waals surface area contributed by atoms with E-state index in [1.54, 1.807) is 11.0 Å². The summed E-state index contributed by atoms with van der Waals surface area (Å²) in [6.07, 6.45) is 1.27. The summed E-state index contributed by atoms with van der Waals surface area (Å²) < 4.78 is 0. The van der Waals surface area contributed by atoms with Crippen LogP contribution in [0.2, 0.25) is 0 Å². The highest BCUT2D eigenvalue weighted by Crippen LogP contribution is 2.33. The summed E-state index contributed by atoms with van der Waals surface area (Å²) in [6.45, 7) is 2.91. The minimum absolute atomic E-state index is 0.104. The van der Waals surface area contributed by atoms with Crippen LogP contribution in [-0.2, 0) is 4.79 Å². The number of nitrogens with one attached hydrogen (secondary N) is 1. The molecular weight excluding hydrogens is 242 g/mol. The molecule has 1 aromatic rings. The van der Waals surface area contributed by atoms with Gasteiger partial charge in [0.25, 0.3) is 5.91 Å². The molecule has 98 valence electrons. The number of fused-ring (bicyclic) bond motifs is 1. The van der Waals surface area contributed by atoms with Crippen molar-refractivity contribution < 1.29 is 9.59 Å². The molecule has 5 heteroatoms. The fraction of sp³-hybridized carbons (Fsp3) is 0.357. The van der Waals surface area contributed by atoms with Crippen molar-refractivity contribution in [1.82, 2.24) is 10.2 Å². The number of carbonyl (C=O) groups excluding carboxylic acids is 2. The Labute approximate surface area is 111 Å². The van der Waals surface area contributed by atoms with Gasteiger partial charge in [-0.15, -0.1) is 0 Å². The van der Waals surface area contributed by atoms with E-state index in [0.29, 0.717) is 31.5 Å². The number of hydrogen-bond donors (Lipinski definition) is 1. The molecule has 0 aromatic heterocycles. The molecule has 0 fully saturated rings. The number of hydrogen-bond acceptors (Lipinski definition) is 3. The fourth-order valence-electron chi connectivity index (χ4n) is 2.32. The Morgan fingerprint density at radius 3 is 3.00 bits per heavy atom. The van der Waals surface area contributed by atoms with E-state index < -0.39 is 6.04 Å². The van der Waals surface area contributed by atoms with Gasteiger partial charge < -0.3 is 10.2 Å². The van der Waals surface area contributed by atoms with Gasteiger partial charge in [0.15, 0.2) is 0 Å². The van der Waals surface area contributed by atoms with Crippen molar-refractivity contribution >= 4 is 12.3 Å². The Morgan fingerprint density at radius 2 is 2.32 bits per heavy atom. The van der Waals surface area contributed by atoms with Crippen LogP contribution in [0.3, 0.4) is 0 Å². The number of nitrogens with zero attached hydrogens (tertiary/aromatic N) is 2. The van der Waals surface area contributed by atoms with E-state index in [0.717, 1.165) is 11.1 Å². The molecule has 1 unspecified atom stereocenters. The van der Waals surface area contributed by atoms with Crippen molar-refractivity contribution in [3.05, 3.63) is 34.9 Å². The Kier molecular flexibility index (Phi) is 3.81. The summed E-state index contributed by atoms with van der Waals surface area (Å²) in [5.74, 6) is -0.104. The second-order valence-corrected chi connectivity index (χ2v) is 4.55. The van der Waals surface area contributed by atoms with Crippen LogP contribution >= 0.6 is 0 Å². The number of carbonyl (C=O) groups is 2. The first-order chi connectivity index (χ1) is 9.19. The lowest BCUT2D eigenvalue weighted by Crippen LogP contribution is -2.30. The largest absolute Gasteiger partial charge is 0.359 e. The first-order valence-electron chi connectivity index (χ1n) is 6.17. The molecule has 0 radical (unpaired) electrons. The predicted octanol–water partition coefficient (Wildman–Crippen LogP) is 1.15. The van der Waals surface area contributed by atoms with E-state index in [1.807, 2.05) is 19.1 Å². The Balaban J connectivity index is 2.17. The molecule has 2 rings (SSSR count). The zero-order valence-electron chi connectivity index (χ0n) is 10.7. The summed E-state index contributed by atoms with van der Waals surface area (Å²) in [7, 11) is 0. The molecule has 1 aliphatic rings. The van der Waals surface area contributed by atoms with Gasteiger partial charge in [-0.2, -0.15) is 5.26 Å². The highest BCUT2D eigenvalue weighted by atomic mass is 16.2. The average molecular weight is 257 g/mol. The molecule has 1 N–H and O–H groups in total. The first-order valence-corrected chi connectivity index (χ1v) is 6.17. The lowest BCUT2D eigenvalue weighted by Gasteiger charge is -2.19. The summed E-state index contributed by atoms with van der Waals surface area (Å²) in [5.41, 5.74) is 2.44. The van der Waals surface area contributed by atoms with Crippen LogP contribution in [0.1, 0.15) is 33.9 Å². The van der Waals surface area contributed by atoms with Crippen molar-refractivity contribution in [3.8, 4) is 6.07 Å². The Hall–Kier alpha value is -2.35. The molecule has 1 atom stereocenters. The maximum absolute atomic E-state index is 12.2. The van der Waals surface area contributed by atoms with Gasteiger partial charge in [-0.05, 0) is 19.4 Å². The maximum atomic E-state index is 12.2. The van der Waals surface area contributed by atoms with Crippen LogP contribution in [0, 0.1) is 18.3 Å². The van der Waals surface area contributed by atoms with Crippen molar-refractivity contribution in [2.24, 2.45) is 0 Å². The van der Waals surface area contributed by atoms with Crippen molar-refractivity contribution in [3.63, 3.8) is 0 Å². The van der Waals surface area contributed by atoms with E-state index in [2.05, 4.69) is 11.4 Å². The van der Waals surface area contributed by atoms with E-state index in [4.69, 9.17) is 0 Å². The molecule has 2 amide bonds. The first kappa shape index (κ1) is 13.1. The molecule has 1 heterocycles. The minimum atomic E-state index is -0.515. The van der Waals surface area contributed by atoms with E-state index in [9.17, 15) is 14.9 Å². The maximum Gasteiger partial charge on any atom is 0.255 e. The van der Waals surface area contributed by atoms with Gasteiger partial charge >= 0.3 is 0 Å². The standard InChI is InChI=1S/C14H15N3O2/c1-10-3-4-11-12(7-10)13(8-15)17(14(11)19)6-2-5-16-9-18/h3-4,7,9,13H,2,5-6H2,1H3,(H,16,18). The van der Waals surface area contributed by atoms with Gasteiger partial charge in [-0.3, -0.25) is 9.59 Å².